The van der Waals surface area contributed by atoms with Crippen molar-refractivity contribution in [2.75, 3.05) is 12.4 Å². The second kappa shape index (κ2) is 10.5. The van der Waals surface area contributed by atoms with E-state index < -0.39 is 22.0 Å². The molecule has 0 saturated heterocycles. The highest BCUT2D eigenvalue weighted by atomic mass is 32.2. The summed E-state index contributed by atoms with van der Waals surface area (Å²) in [6, 6.07) is 16.8. The molecule has 5 rings (SSSR count). The zero-order valence-corrected chi connectivity index (χ0v) is 22.4. The molecule has 0 unspecified atom stereocenters. The lowest BCUT2D eigenvalue weighted by molar-refractivity contribution is 0.0981. The van der Waals surface area contributed by atoms with Crippen molar-refractivity contribution in [1.29, 1.82) is 0 Å². The molecule has 3 N–H and O–H groups in total. The Labute approximate surface area is 226 Å². The van der Waals surface area contributed by atoms with E-state index in [1.54, 1.807) is 43.3 Å². The van der Waals surface area contributed by atoms with E-state index in [1.165, 1.54) is 32.1 Å². The zero-order chi connectivity index (χ0) is 27.7. The molecule has 0 atom stereocenters. The highest BCUT2D eigenvalue weighted by molar-refractivity contribution is 7.90. The third-order valence-electron chi connectivity index (χ3n) is 6.91. The number of sulfonamides is 1. The number of aromatic nitrogens is 1. The summed E-state index contributed by atoms with van der Waals surface area (Å²) in [6.07, 6.45) is 3.82. The van der Waals surface area contributed by atoms with Crippen LogP contribution in [0.5, 0.6) is 5.75 Å². The van der Waals surface area contributed by atoms with Crippen LogP contribution in [0.3, 0.4) is 0 Å². The molecule has 3 aromatic carbocycles. The Morgan fingerprint density at radius 3 is 2.51 bits per heavy atom. The number of amides is 2. The average Bonchev–Trinajstić information content (AvgIpc) is 3.65. The molecule has 10 heteroatoms. The van der Waals surface area contributed by atoms with E-state index in [0.717, 1.165) is 28.6 Å². The van der Waals surface area contributed by atoms with Crippen LogP contribution in [0, 0.1) is 12.8 Å². The van der Waals surface area contributed by atoms with E-state index in [1.807, 2.05) is 12.1 Å². The molecule has 0 spiro atoms. The number of carboxylic acid groups (broad SMARTS) is 1. The molecule has 9 nitrogen and oxygen atoms in total. The summed E-state index contributed by atoms with van der Waals surface area (Å²) < 4.78 is 35.5. The number of methoxy groups -OCH3 is 1. The molecule has 1 heterocycles. The number of ether oxygens (including phenoxy) is 1. The van der Waals surface area contributed by atoms with Crippen LogP contribution >= 0.6 is 0 Å². The van der Waals surface area contributed by atoms with Gasteiger partial charge in [-0.15, -0.1) is 0 Å². The summed E-state index contributed by atoms with van der Waals surface area (Å²) in [4.78, 5) is 24.1. The second-order valence-electron chi connectivity index (χ2n) is 9.82. The topological polar surface area (TPSA) is 127 Å². The maximum absolute atomic E-state index is 12.9. The van der Waals surface area contributed by atoms with Crippen molar-refractivity contribution in [2.24, 2.45) is 5.92 Å². The number of rotatable bonds is 9. The minimum atomic E-state index is -4.05. The van der Waals surface area contributed by atoms with Gasteiger partial charge in [0.05, 0.1) is 12.0 Å². The van der Waals surface area contributed by atoms with Crippen LogP contribution in [0.25, 0.3) is 10.9 Å². The predicted octanol–water partition coefficient (Wildman–Crippen LogP) is 5.17. The monoisotopic (exact) mass is 547 g/mol. The van der Waals surface area contributed by atoms with Crippen molar-refractivity contribution in [2.45, 2.75) is 37.6 Å². The first kappa shape index (κ1) is 26.3. The molecule has 1 aromatic heterocycles. The van der Waals surface area contributed by atoms with Crippen molar-refractivity contribution < 1.29 is 27.9 Å². The Hall–Kier alpha value is -4.31. The molecule has 1 saturated carbocycles. The van der Waals surface area contributed by atoms with Crippen molar-refractivity contribution in [1.82, 2.24) is 9.29 Å². The highest BCUT2D eigenvalue weighted by Crippen LogP contribution is 2.35. The Kier molecular flexibility index (Phi) is 7.05. The number of benzene rings is 3. The summed E-state index contributed by atoms with van der Waals surface area (Å²) >= 11 is 0. The van der Waals surface area contributed by atoms with Crippen LogP contribution < -0.4 is 14.8 Å². The van der Waals surface area contributed by atoms with Gasteiger partial charge in [-0.1, -0.05) is 24.3 Å². The van der Waals surface area contributed by atoms with Gasteiger partial charge in [0, 0.05) is 41.3 Å². The van der Waals surface area contributed by atoms with Crippen molar-refractivity contribution in [3.63, 3.8) is 0 Å². The molecule has 1 fully saturated rings. The van der Waals surface area contributed by atoms with Gasteiger partial charge in [0.25, 0.3) is 15.9 Å². The van der Waals surface area contributed by atoms with Crippen molar-refractivity contribution in [3.05, 3.63) is 89.1 Å². The lowest BCUT2D eigenvalue weighted by atomic mass is 10.0. The largest absolute Gasteiger partial charge is 0.496 e. The van der Waals surface area contributed by atoms with Crippen molar-refractivity contribution >= 4 is 38.6 Å². The third-order valence-corrected chi connectivity index (χ3v) is 8.40. The van der Waals surface area contributed by atoms with E-state index in [2.05, 4.69) is 20.8 Å². The number of anilines is 1. The van der Waals surface area contributed by atoms with Crippen molar-refractivity contribution in [3.8, 4) is 5.75 Å². The van der Waals surface area contributed by atoms with E-state index in [-0.39, 0.29) is 10.5 Å². The molecule has 0 bridgehead atoms. The van der Waals surface area contributed by atoms with Gasteiger partial charge in [-0.25, -0.2) is 17.9 Å². The number of nitrogens with one attached hydrogen (secondary N) is 2. The maximum atomic E-state index is 12.9. The van der Waals surface area contributed by atoms with Gasteiger partial charge in [0.15, 0.2) is 0 Å². The summed E-state index contributed by atoms with van der Waals surface area (Å²) in [5.41, 5.74) is 3.97. The molecule has 0 aliphatic heterocycles. The summed E-state index contributed by atoms with van der Waals surface area (Å²) in [7, 11) is -2.55. The first-order valence-corrected chi connectivity index (χ1v) is 14.0. The van der Waals surface area contributed by atoms with E-state index in [4.69, 9.17) is 9.84 Å². The van der Waals surface area contributed by atoms with E-state index >= 15 is 0 Å². The molecule has 202 valence electrons. The molecule has 2 amide bonds. The predicted molar refractivity (Wildman–Crippen MR) is 148 cm³/mol. The van der Waals surface area contributed by atoms with Gasteiger partial charge in [-0.3, -0.25) is 10.1 Å². The van der Waals surface area contributed by atoms with Gasteiger partial charge < -0.3 is 14.4 Å². The normalized spacial score (nSPS) is 13.3. The lowest BCUT2D eigenvalue weighted by Crippen LogP contribution is -2.31. The Morgan fingerprint density at radius 1 is 1.05 bits per heavy atom. The van der Waals surface area contributed by atoms with Gasteiger partial charge in [-0.2, -0.15) is 0 Å². The van der Waals surface area contributed by atoms with Crippen LogP contribution in [0.15, 0.2) is 71.8 Å². The summed E-state index contributed by atoms with van der Waals surface area (Å²) in [6.45, 7) is 2.56. The fourth-order valence-electron chi connectivity index (χ4n) is 4.77. The zero-order valence-electron chi connectivity index (χ0n) is 21.6. The highest BCUT2D eigenvalue weighted by Gasteiger charge is 2.24. The van der Waals surface area contributed by atoms with Crippen LogP contribution in [0.2, 0.25) is 0 Å². The van der Waals surface area contributed by atoms with Gasteiger partial charge in [0.2, 0.25) is 0 Å². The minimum Gasteiger partial charge on any atom is -0.496 e. The van der Waals surface area contributed by atoms with Gasteiger partial charge in [0.1, 0.15) is 5.75 Å². The molecule has 4 aromatic rings. The summed E-state index contributed by atoms with van der Waals surface area (Å²) in [5, 5.41) is 12.5. The average molecular weight is 548 g/mol. The van der Waals surface area contributed by atoms with Gasteiger partial charge in [-0.05, 0) is 78.8 Å². The van der Waals surface area contributed by atoms with Crippen LogP contribution in [0.1, 0.15) is 39.9 Å². The fraction of sp³-hybridized carbons (Fsp3) is 0.241. The minimum absolute atomic E-state index is 0.0429. The molecule has 1 aliphatic rings. The fourth-order valence-corrected chi connectivity index (χ4v) is 6.00. The molecular weight excluding hydrogens is 518 g/mol. The number of carbonyl (C=O) groups is 2. The number of carbonyl (C=O) groups excluding carboxylic acids is 1. The maximum Gasteiger partial charge on any atom is 0.409 e. The number of hydrogen-bond acceptors (Lipinski definition) is 5. The molecule has 1 aliphatic carbocycles. The SMILES string of the molecule is COc1cc(C(=O)NS(=O)(=O)c2ccccc2C)ccc1Cc1cn(CC2CC2)c2ccc(NC(=O)O)cc12. The number of aryl methyl sites for hydroxylation is 1. The Bertz CT molecular complexity index is 1690. The van der Waals surface area contributed by atoms with E-state index in [9.17, 15) is 18.0 Å². The third kappa shape index (κ3) is 5.75. The molecular formula is C29H29N3O6S. The van der Waals surface area contributed by atoms with Gasteiger partial charge >= 0.3 is 6.09 Å². The standard InChI is InChI=1S/C29H29N3O6S/c1-18-5-3-4-6-27(18)39(36,37)31-28(33)21-10-9-20(26(14-21)38-2)13-22-17-32(16-19-7-8-19)25-12-11-23(15-24(22)25)30-29(34)35/h3-6,9-12,14-15,17,19,30H,7-8,13,16H2,1-2H3,(H,31,33)(H,34,35). The second-order valence-corrected chi connectivity index (χ2v) is 11.5. The Balaban J connectivity index is 1.43. The first-order chi connectivity index (χ1) is 18.6. The lowest BCUT2D eigenvalue weighted by Gasteiger charge is -2.12. The Morgan fingerprint density at radius 2 is 1.82 bits per heavy atom. The number of nitrogens with zero attached hydrogens (tertiary/aromatic N) is 1. The quantitative estimate of drug-likeness (QED) is 0.265. The summed E-state index contributed by atoms with van der Waals surface area (Å²) in [5.74, 6) is 0.334. The molecule has 39 heavy (non-hydrogen) atoms. The number of fused-ring (bicyclic) bond motifs is 1. The van der Waals surface area contributed by atoms with Crippen LogP contribution in [-0.2, 0) is 23.0 Å². The molecule has 0 radical (unpaired) electrons. The van der Waals surface area contributed by atoms with Crippen LogP contribution in [-0.4, -0.2) is 37.2 Å². The smallest absolute Gasteiger partial charge is 0.409 e. The van der Waals surface area contributed by atoms with E-state index in [0.29, 0.717) is 29.3 Å². The van der Waals surface area contributed by atoms with Crippen LogP contribution in [0.4, 0.5) is 10.5 Å². The first-order valence-electron chi connectivity index (χ1n) is 12.6. The number of hydrogen-bond donors (Lipinski definition) is 3.